The minimum Gasteiger partial charge on any atom is -0.0995 e. The van der Waals surface area contributed by atoms with Gasteiger partial charge in [-0.05, 0) is 68.6 Å². The lowest BCUT2D eigenvalue weighted by molar-refractivity contribution is 0.204. The van der Waals surface area contributed by atoms with Crippen LogP contribution in [0.1, 0.15) is 115 Å². The fourth-order valence-corrected chi connectivity index (χ4v) is 4.71. The topological polar surface area (TPSA) is 0 Å². The van der Waals surface area contributed by atoms with Crippen molar-refractivity contribution in [3.05, 3.63) is 23.3 Å². The van der Waals surface area contributed by atoms with Gasteiger partial charge in [0, 0.05) is 5.92 Å². The highest BCUT2D eigenvalue weighted by Crippen LogP contribution is 2.42. The molecule has 3 unspecified atom stereocenters. The van der Waals surface area contributed by atoms with E-state index in [1.807, 2.05) is 0 Å². The van der Waals surface area contributed by atoms with Crippen molar-refractivity contribution in [1.82, 2.24) is 0 Å². The summed E-state index contributed by atoms with van der Waals surface area (Å²) in [6.45, 7) is 30.7. The standard InChI is InChI=1S/C27H52/c1-13-14-15-16-25(20(4)5)23(9)26(21(6)7)24(18-27(10,11)12)17-22(8)19(2)3/h19-20,22,24,26H,6,13-18H2,1-5,7-12H3. The van der Waals surface area contributed by atoms with Crippen LogP contribution in [-0.4, -0.2) is 0 Å². The van der Waals surface area contributed by atoms with Crippen molar-refractivity contribution in [1.29, 1.82) is 0 Å². The zero-order valence-corrected chi connectivity index (χ0v) is 20.8. The third-order valence-electron chi connectivity index (χ3n) is 6.41. The summed E-state index contributed by atoms with van der Waals surface area (Å²) in [4.78, 5) is 0. The van der Waals surface area contributed by atoms with E-state index in [-0.39, 0.29) is 0 Å². The molecular weight excluding hydrogens is 324 g/mol. The minimum absolute atomic E-state index is 0.357. The van der Waals surface area contributed by atoms with Crippen LogP contribution in [0.2, 0.25) is 0 Å². The number of hydrogen-bond acceptors (Lipinski definition) is 0. The summed E-state index contributed by atoms with van der Waals surface area (Å²) in [7, 11) is 0. The van der Waals surface area contributed by atoms with Crippen molar-refractivity contribution in [3.8, 4) is 0 Å². The molecule has 3 atom stereocenters. The second-order valence-electron chi connectivity index (χ2n) is 11.1. The van der Waals surface area contributed by atoms with Crippen LogP contribution in [0.4, 0.5) is 0 Å². The first-order valence-electron chi connectivity index (χ1n) is 11.7. The van der Waals surface area contributed by atoms with Crippen molar-refractivity contribution >= 4 is 0 Å². The van der Waals surface area contributed by atoms with Gasteiger partial charge in [0.25, 0.3) is 0 Å². The van der Waals surface area contributed by atoms with Gasteiger partial charge >= 0.3 is 0 Å². The highest BCUT2D eigenvalue weighted by atomic mass is 14.4. The molecule has 0 aromatic rings. The highest BCUT2D eigenvalue weighted by molar-refractivity contribution is 5.25. The van der Waals surface area contributed by atoms with Crippen molar-refractivity contribution < 1.29 is 0 Å². The maximum absolute atomic E-state index is 4.48. The molecule has 160 valence electrons. The molecule has 0 bridgehead atoms. The van der Waals surface area contributed by atoms with Gasteiger partial charge in [-0.25, -0.2) is 0 Å². The Balaban J connectivity index is 5.95. The van der Waals surface area contributed by atoms with Crippen LogP contribution < -0.4 is 0 Å². The molecule has 0 nitrogen and oxygen atoms in total. The van der Waals surface area contributed by atoms with Gasteiger partial charge in [-0.15, -0.1) is 0 Å². The van der Waals surface area contributed by atoms with Gasteiger partial charge in [-0.1, -0.05) is 98.5 Å². The van der Waals surface area contributed by atoms with E-state index in [4.69, 9.17) is 0 Å². The van der Waals surface area contributed by atoms with Crippen LogP contribution in [0, 0.1) is 35.0 Å². The monoisotopic (exact) mass is 376 g/mol. The van der Waals surface area contributed by atoms with Crippen LogP contribution in [0.3, 0.4) is 0 Å². The molecule has 0 saturated carbocycles. The fourth-order valence-electron chi connectivity index (χ4n) is 4.71. The summed E-state index contributed by atoms with van der Waals surface area (Å²) in [5.74, 6) is 3.37. The lowest BCUT2D eigenvalue weighted by atomic mass is 9.68. The molecule has 0 aliphatic heterocycles. The van der Waals surface area contributed by atoms with Crippen LogP contribution in [-0.2, 0) is 0 Å². The van der Waals surface area contributed by atoms with E-state index in [0.29, 0.717) is 23.2 Å². The number of rotatable bonds is 12. The summed E-state index contributed by atoms with van der Waals surface area (Å²) in [6, 6.07) is 0. The third-order valence-corrected chi connectivity index (χ3v) is 6.41. The van der Waals surface area contributed by atoms with Gasteiger partial charge in [0.2, 0.25) is 0 Å². The zero-order chi connectivity index (χ0) is 21.4. The SMILES string of the molecule is C=C(C)C(C(C)=C(CCCCC)C(C)C)C(CC(C)C(C)C)CC(C)(C)C. The summed E-state index contributed by atoms with van der Waals surface area (Å²) in [5.41, 5.74) is 5.06. The quantitative estimate of drug-likeness (QED) is 0.235. The summed E-state index contributed by atoms with van der Waals surface area (Å²) < 4.78 is 0. The molecule has 0 spiro atoms. The first kappa shape index (κ1) is 26.5. The second kappa shape index (κ2) is 12.1. The molecule has 0 heterocycles. The van der Waals surface area contributed by atoms with Gasteiger partial charge in [0.05, 0.1) is 0 Å². The molecule has 0 aromatic carbocycles. The third kappa shape index (κ3) is 10.00. The van der Waals surface area contributed by atoms with E-state index in [9.17, 15) is 0 Å². The summed E-state index contributed by atoms with van der Waals surface area (Å²) in [5, 5.41) is 0. The van der Waals surface area contributed by atoms with Gasteiger partial charge < -0.3 is 0 Å². The van der Waals surface area contributed by atoms with Crippen LogP contribution >= 0.6 is 0 Å². The van der Waals surface area contributed by atoms with Crippen molar-refractivity contribution in [3.63, 3.8) is 0 Å². The predicted octanol–water partition coefficient (Wildman–Crippen LogP) is 9.47. The Hall–Kier alpha value is -0.520. The zero-order valence-electron chi connectivity index (χ0n) is 20.8. The molecule has 0 aliphatic rings. The Morgan fingerprint density at radius 1 is 0.926 bits per heavy atom. The predicted molar refractivity (Wildman–Crippen MR) is 126 cm³/mol. The summed E-state index contributed by atoms with van der Waals surface area (Å²) >= 11 is 0. The lowest BCUT2D eigenvalue weighted by Crippen LogP contribution is -2.27. The molecule has 0 rings (SSSR count). The van der Waals surface area contributed by atoms with Crippen molar-refractivity contribution in [2.24, 2.45) is 35.0 Å². The Bertz CT molecular complexity index is 455. The molecule has 0 N–H and O–H groups in total. The van der Waals surface area contributed by atoms with Crippen LogP contribution in [0.5, 0.6) is 0 Å². The molecule has 0 amide bonds. The van der Waals surface area contributed by atoms with Gasteiger partial charge in [-0.3, -0.25) is 0 Å². The largest absolute Gasteiger partial charge is 0.0995 e. The first-order chi connectivity index (χ1) is 12.3. The van der Waals surface area contributed by atoms with E-state index in [1.54, 1.807) is 11.1 Å². The molecule has 27 heavy (non-hydrogen) atoms. The normalized spacial score (nSPS) is 17.1. The Labute approximate surface area is 173 Å². The van der Waals surface area contributed by atoms with Crippen LogP contribution in [0.15, 0.2) is 23.3 Å². The Morgan fingerprint density at radius 2 is 1.48 bits per heavy atom. The van der Waals surface area contributed by atoms with Crippen molar-refractivity contribution in [2.45, 2.75) is 115 Å². The Kier molecular flexibility index (Phi) is 11.9. The molecular formula is C27H52. The molecule has 0 heteroatoms. The van der Waals surface area contributed by atoms with E-state index in [1.165, 1.54) is 44.1 Å². The molecule has 0 saturated heterocycles. The fraction of sp³-hybridized carbons (Fsp3) is 0.852. The number of unbranched alkanes of at least 4 members (excludes halogenated alkanes) is 2. The average molecular weight is 377 g/mol. The number of hydrogen-bond donors (Lipinski definition) is 0. The van der Waals surface area contributed by atoms with E-state index in [0.717, 1.165) is 11.8 Å². The van der Waals surface area contributed by atoms with E-state index < -0.39 is 0 Å². The second-order valence-corrected chi connectivity index (χ2v) is 11.1. The smallest absolute Gasteiger partial charge is 0.00301 e. The molecule has 0 fully saturated rings. The van der Waals surface area contributed by atoms with Crippen LogP contribution in [0.25, 0.3) is 0 Å². The maximum atomic E-state index is 4.48. The minimum atomic E-state index is 0.357. The number of allylic oxidation sites excluding steroid dienone is 3. The molecule has 0 aliphatic carbocycles. The van der Waals surface area contributed by atoms with E-state index in [2.05, 4.69) is 82.7 Å². The van der Waals surface area contributed by atoms with Gasteiger partial charge in [-0.2, -0.15) is 0 Å². The van der Waals surface area contributed by atoms with E-state index >= 15 is 0 Å². The van der Waals surface area contributed by atoms with Gasteiger partial charge in [0.15, 0.2) is 0 Å². The molecule has 0 aromatic heterocycles. The summed E-state index contributed by atoms with van der Waals surface area (Å²) in [6.07, 6.45) is 7.83. The first-order valence-corrected chi connectivity index (χ1v) is 11.7. The average Bonchev–Trinajstić information content (AvgIpc) is 2.48. The van der Waals surface area contributed by atoms with Crippen molar-refractivity contribution in [2.75, 3.05) is 0 Å². The maximum Gasteiger partial charge on any atom is 0.00301 e. The molecule has 0 radical (unpaired) electrons. The Morgan fingerprint density at radius 3 is 1.85 bits per heavy atom. The highest BCUT2D eigenvalue weighted by Gasteiger charge is 2.31. The van der Waals surface area contributed by atoms with Gasteiger partial charge in [0.1, 0.15) is 0 Å². The lowest BCUT2D eigenvalue weighted by Gasteiger charge is -2.37.